The highest BCUT2D eigenvalue weighted by Gasteiger charge is 2.37. The van der Waals surface area contributed by atoms with Gasteiger partial charge in [-0.1, -0.05) is 28.1 Å². The van der Waals surface area contributed by atoms with E-state index >= 15 is 0 Å². The van der Waals surface area contributed by atoms with Crippen molar-refractivity contribution in [2.45, 2.75) is 12.5 Å². The predicted octanol–water partition coefficient (Wildman–Crippen LogP) is 3.48. The summed E-state index contributed by atoms with van der Waals surface area (Å²) < 4.78 is 2.60. The Hall–Kier alpha value is -3.46. The number of amides is 1. The van der Waals surface area contributed by atoms with Crippen LogP contribution in [-0.4, -0.2) is 46.9 Å². The van der Waals surface area contributed by atoms with Gasteiger partial charge >= 0.3 is 0 Å². The zero-order chi connectivity index (χ0) is 20.2. The first-order chi connectivity index (χ1) is 14.7. The second-order valence-electron chi connectivity index (χ2n) is 7.29. The van der Waals surface area contributed by atoms with Gasteiger partial charge in [-0.05, 0) is 24.3 Å². The molecule has 9 heteroatoms. The molecule has 0 aliphatic carbocycles. The van der Waals surface area contributed by atoms with Crippen molar-refractivity contribution in [1.29, 1.82) is 0 Å². The number of hydrogen-bond acceptors (Lipinski definition) is 4. The summed E-state index contributed by atoms with van der Waals surface area (Å²) in [5, 5.41) is 4.35. The number of benzene rings is 1. The lowest BCUT2D eigenvalue weighted by Crippen LogP contribution is -2.41. The van der Waals surface area contributed by atoms with Gasteiger partial charge in [0, 0.05) is 23.6 Å². The van der Waals surface area contributed by atoms with Crippen LogP contribution in [-0.2, 0) is 6.42 Å². The van der Waals surface area contributed by atoms with Gasteiger partial charge < -0.3 is 14.9 Å². The van der Waals surface area contributed by atoms with E-state index in [0.717, 1.165) is 32.4 Å². The Morgan fingerprint density at radius 3 is 3.03 bits per heavy atom. The smallest absolute Gasteiger partial charge is 0.258 e. The molecular weight excluding hydrogens is 446 g/mol. The van der Waals surface area contributed by atoms with Crippen LogP contribution in [0.1, 0.15) is 33.6 Å². The number of aromatic nitrogens is 6. The summed E-state index contributed by atoms with van der Waals surface area (Å²) in [5.74, 6) is 0.626. The number of carbonyl (C=O) groups excluding carboxylic acids is 1. The average Bonchev–Trinajstić information content (AvgIpc) is 3.49. The van der Waals surface area contributed by atoms with Gasteiger partial charge in [-0.15, -0.1) is 0 Å². The molecular formula is C21H16BrN7O. The molecule has 6 rings (SSSR count). The topological polar surface area (TPSA) is 95.0 Å². The third kappa shape index (κ3) is 2.58. The minimum absolute atomic E-state index is 0.0891. The third-order valence-electron chi connectivity index (χ3n) is 5.57. The normalized spacial score (nSPS) is 16.3. The molecule has 1 aliphatic rings. The molecule has 0 bridgehead atoms. The van der Waals surface area contributed by atoms with Gasteiger partial charge in [-0.2, -0.15) is 5.10 Å². The van der Waals surface area contributed by atoms with Crippen molar-refractivity contribution in [3.63, 3.8) is 0 Å². The van der Waals surface area contributed by atoms with Gasteiger partial charge in [0.1, 0.15) is 11.9 Å². The number of nitrogens with one attached hydrogen (secondary N) is 2. The molecule has 0 radical (unpaired) electrons. The number of pyridine rings is 1. The Labute approximate surface area is 179 Å². The van der Waals surface area contributed by atoms with Crippen molar-refractivity contribution in [1.82, 2.24) is 34.4 Å². The maximum Gasteiger partial charge on any atom is 0.258 e. The van der Waals surface area contributed by atoms with E-state index in [0.29, 0.717) is 24.4 Å². The zero-order valence-corrected chi connectivity index (χ0v) is 17.3. The first kappa shape index (κ1) is 17.4. The maximum atomic E-state index is 13.7. The fraction of sp³-hybridized carbons (Fsp3) is 0.143. The number of halogens is 1. The molecule has 0 saturated heterocycles. The second-order valence-corrected chi connectivity index (χ2v) is 8.20. The van der Waals surface area contributed by atoms with Crippen LogP contribution in [0.25, 0.3) is 16.6 Å². The molecule has 1 amide bonds. The van der Waals surface area contributed by atoms with Crippen LogP contribution in [0.4, 0.5) is 0 Å². The Morgan fingerprint density at radius 1 is 1.23 bits per heavy atom. The minimum atomic E-state index is -0.377. The van der Waals surface area contributed by atoms with E-state index in [-0.39, 0.29) is 11.9 Å². The molecule has 1 aliphatic heterocycles. The van der Waals surface area contributed by atoms with E-state index in [1.54, 1.807) is 17.0 Å². The average molecular weight is 462 g/mol. The molecule has 4 aromatic heterocycles. The molecule has 0 saturated carbocycles. The van der Waals surface area contributed by atoms with Gasteiger partial charge in [0.25, 0.3) is 5.91 Å². The van der Waals surface area contributed by atoms with Crippen molar-refractivity contribution in [2.75, 3.05) is 6.54 Å². The van der Waals surface area contributed by atoms with E-state index in [1.165, 1.54) is 0 Å². The number of nitrogens with zero attached hydrogens (tertiary/aromatic N) is 5. The highest BCUT2D eigenvalue weighted by Crippen LogP contribution is 2.34. The van der Waals surface area contributed by atoms with Gasteiger partial charge in [0.15, 0.2) is 0 Å². The SMILES string of the molecule is O=C(c1cnn2ccc(Br)cc12)N1CCc2nc[nH]c2[C@H]1c1nc2ccccc2[nH]1. The summed E-state index contributed by atoms with van der Waals surface area (Å²) in [6.45, 7) is 0.545. The number of fused-ring (bicyclic) bond motifs is 3. The van der Waals surface area contributed by atoms with Crippen molar-refractivity contribution in [3.05, 3.63) is 82.4 Å². The number of aromatic amines is 2. The molecule has 1 atom stereocenters. The van der Waals surface area contributed by atoms with Crippen molar-refractivity contribution < 1.29 is 4.79 Å². The molecule has 0 unspecified atom stereocenters. The van der Waals surface area contributed by atoms with Crippen LogP contribution < -0.4 is 0 Å². The van der Waals surface area contributed by atoms with Crippen molar-refractivity contribution in [3.8, 4) is 0 Å². The Bertz CT molecular complexity index is 1380. The standard InChI is InChI=1S/C21H16BrN7O/c22-12-5-8-29-17(9-12)13(10-25-29)21(30)28-7-6-16-18(24-11-23-16)19(28)20-26-14-3-1-2-4-15(14)27-20/h1-5,8-11,19H,6-7H2,(H,23,24)(H,26,27)/t19-/m0/s1. The van der Waals surface area contributed by atoms with E-state index in [2.05, 4.69) is 36.0 Å². The first-order valence-electron chi connectivity index (χ1n) is 9.60. The van der Waals surface area contributed by atoms with Gasteiger partial charge in [-0.25, -0.2) is 14.5 Å². The number of carbonyl (C=O) groups is 1. The first-order valence-corrected chi connectivity index (χ1v) is 10.4. The van der Waals surface area contributed by atoms with E-state index < -0.39 is 0 Å². The maximum absolute atomic E-state index is 13.7. The molecule has 148 valence electrons. The Kier molecular flexibility index (Phi) is 3.79. The van der Waals surface area contributed by atoms with Gasteiger partial charge in [0.2, 0.25) is 0 Å². The van der Waals surface area contributed by atoms with Crippen molar-refractivity contribution in [2.24, 2.45) is 0 Å². The zero-order valence-electron chi connectivity index (χ0n) is 15.7. The molecule has 0 spiro atoms. The number of rotatable bonds is 2. The van der Waals surface area contributed by atoms with Crippen LogP contribution in [0.15, 0.2) is 59.6 Å². The summed E-state index contributed by atoms with van der Waals surface area (Å²) in [7, 11) is 0. The monoisotopic (exact) mass is 461 g/mol. The number of H-pyrrole nitrogens is 2. The lowest BCUT2D eigenvalue weighted by molar-refractivity contribution is 0.0686. The van der Waals surface area contributed by atoms with Crippen LogP contribution >= 0.6 is 15.9 Å². The quantitative estimate of drug-likeness (QED) is 0.420. The fourth-order valence-corrected chi connectivity index (χ4v) is 4.49. The highest BCUT2D eigenvalue weighted by atomic mass is 79.9. The van der Waals surface area contributed by atoms with Gasteiger partial charge in [-0.3, -0.25) is 4.79 Å². The van der Waals surface area contributed by atoms with Crippen LogP contribution in [0.3, 0.4) is 0 Å². The summed E-state index contributed by atoms with van der Waals surface area (Å²) in [6, 6.07) is 11.3. The van der Waals surface area contributed by atoms with Crippen LogP contribution in [0.2, 0.25) is 0 Å². The lowest BCUT2D eigenvalue weighted by atomic mass is 10.0. The number of hydrogen-bond donors (Lipinski definition) is 2. The predicted molar refractivity (Wildman–Crippen MR) is 114 cm³/mol. The summed E-state index contributed by atoms with van der Waals surface area (Å²) in [5.41, 5.74) is 4.98. The number of imidazole rings is 2. The van der Waals surface area contributed by atoms with E-state index in [9.17, 15) is 4.79 Å². The molecule has 30 heavy (non-hydrogen) atoms. The molecule has 2 N–H and O–H groups in total. The van der Waals surface area contributed by atoms with E-state index in [1.807, 2.05) is 47.5 Å². The molecule has 1 aromatic carbocycles. The summed E-state index contributed by atoms with van der Waals surface area (Å²) in [6.07, 6.45) is 5.82. The van der Waals surface area contributed by atoms with Crippen LogP contribution in [0.5, 0.6) is 0 Å². The molecule has 5 aromatic rings. The summed E-state index contributed by atoms with van der Waals surface area (Å²) >= 11 is 3.49. The number of para-hydroxylation sites is 2. The van der Waals surface area contributed by atoms with Gasteiger partial charge in [0.05, 0.1) is 46.0 Å². The minimum Gasteiger partial charge on any atom is -0.346 e. The molecule has 5 heterocycles. The van der Waals surface area contributed by atoms with Crippen LogP contribution in [0, 0.1) is 0 Å². The Balaban J connectivity index is 1.49. The molecule has 0 fully saturated rings. The second kappa shape index (κ2) is 6.53. The fourth-order valence-electron chi connectivity index (χ4n) is 4.16. The highest BCUT2D eigenvalue weighted by molar-refractivity contribution is 9.10. The van der Waals surface area contributed by atoms with Crippen molar-refractivity contribution >= 4 is 38.4 Å². The Morgan fingerprint density at radius 2 is 2.13 bits per heavy atom. The molecule has 8 nitrogen and oxygen atoms in total. The largest absolute Gasteiger partial charge is 0.346 e. The van der Waals surface area contributed by atoms with E-state index in [4.69, 9.17) is 4.98 Å². The summed E-state index contributed by atoms with van der Waals surface area (Å²) in [4.78, 5) is 31.4. The third-order valence-corrected chi connectivity index (χ3v) is 6.06. The lowest BCUT2D eigenvalue weighted by Gasteiger charge is -2.33.